The van der Waals surface area contributed by atoms with Crippen molar-refractivity contribution in [3.8, 4) is 11.3 Å². The third kappa shape index (κ3) is 5.94. The minimum Gasteiger partial charge on any atom is -0.302 e. The summed E-state index contributed by atoms with van der Waals surface area (Å²) in [6.07, 6.45) is 2.39. The third-order valence-electron chi connectivity index (χ3n) is 4.25. The van der Waals surface area contributed by atoms with Crippen molar-refractivity contribution in [3.63, 3.8) is 0 Å². The highest BCUT2D eigenvalue weighted by Gasteiger charge is 2.08. The molecule has 0 aliphatic rings. The molecule has 0 aliphatic carbocycles. The molecule has 0 unspecified atom stereocenters. The van der Waals surface area contributed by atoms with Crippen molar-refractivity contribution in [1.29, 1.82) is 0 Å². The fourth-order valence-corrected chi connectivity index (χ4v) is 4.20. The Morgan fingerprint density at radius 3 is 2.56 bits per heavy atom. The number of thioether (sulfide) groups is 1. The highest BCUT2D eigenvalue weighted by molar-refractivity contribution is 7.99. The first-order valence-corrected chi connectivity index (χ1v) is 11.0. The van der Waals surface area contributed by atoms with Crippen LogP contribution in [0.15, 0.2) is 58.8 Å². The molecule has 140 valence electrons. The Morgan fingerprint density at radius 1 is 1.11 bits per heavy atom. The van der Waals surface area contributed by atoms with Crippen LogP contribution in [0.2, 0.25) is 0 Å². The summed E-state index contributed by atoms with van der Waals surface area (Å²) >= 11 is 3.26. The molecule has 1 amide bonds. The molecule has 27 heavy (non-hydrogen) atoms. The number of carbonyl (C=O) groups excluding carboxylic acids is 1. The quantitative estimate of drug-likeness (QED) is 0.364. The predicted octanol–water partition coefficient (Wildman–Crippen LogP) is 6.19. The average molecular weight is 397 g/mol. The standard InChI is InChI=1S/C22H24N2OS2/c1-3-17-8-10-18(11-9-17)20-15-27-22(23-20)24-21(25)5-4-14-26-19-12-6-16(2)7-13-19/h6-13,15H,3-5,14H2,1-2H3,(H,23,24,25). The van der Waals surface area contributed by atoms with Crippen molar-refractivity contribution in [2.45, 2.75) is 38.0 Å². The van der Waals surface area contributed by atoms with E-state index in [1.54, 1.807) is 11.8 Å². The van der Waals surface area contributed by atoms with Gasteiger partial charge in [-0.2, -0.15) is 0 Å². The van der Waals surface area contributed by atoms with Gasteiger partial charge in [0.1, 0.15) is 0 Å². The van der Waals surface area contributed by atoms with E-state index >= 15 is 0 Å². The van der Waals surface area contributed by atoms with Gasteiger partial charge in [-0.25, -0.2) is 4.98 Å². The second-order valence-electron chi connectivity index (χ2n) is 6.40. The Hall–Kier alpha value is -2.11. The van der Waals surface area contributed by atoms with Gasteiger partial charge >= 0.3 is 0 Å². The Bertz CT molecular complexity index is 870. The van der Waals surface area contributed by atoms with Gasteiger partial charge in [-0.05, 0) is 43.2 Å². The Kier molecular flexibility index (Phi) is 7.07. The number of amides is 1. The minimum absolute atomic E-state index is 0.0294. The van der Waals surface area contributed by atoms with Crippen molar-refractivity contribution in [2.24, 2.45) is 0 Å². The normalized spacial score (nSPS) is 10.7. The van der Waals surface area contributed by atoms with E-state index < -0.39 is 0 Å². The van der Waals surface area contributed by atoms with E-state index in [4.69, 9.17) is 0 Å². The summed E-state index contributed by atoms with van der Waals surface area (Å²) in [6, 6.07) is 16.9. The Morgan fingerprint density at radius 2 is 1.85 bits per heavy atom. The number of thiazole rings is 1. The molecule has 0 aliphatic heterocycles. The van der Waals surface area contributed by atoms with Crippen molar-refractivity contribution < 1.29 is 4.79 Å². The summed E-state index contributed by atoms with van der Waals surface area (Å²) in [5.74, 6) is 0.963. The summed E-state index contributed by atoms with van der Waals surface area (Å²) in [4.78, 5) is 17.9. The fourth-order valence-electron chi connectivity index (χ4n) is 2.61. The van der Waals surface area contributed by atoms with Gasteiger partial charge in [0, 0.05) is 22.3 Å². The number of aryl methyl sites for hydroxylation is 2. The lowest BCUT2D eigenvalue weighted by Gasteiger charge is -2.03. The van der Waals surface area contributed by atoms with Crippen molar-refractivity contribution >= 4 is 34.1 Å². The molecule has 0 saturated heterocycles. The van der Waals surface area contributed by atoms with Gasteiger partial charge in [-0.1, -0.05) is 48.9 Å². The van der Waals surface area contributed by atoms with E-state index in [2.05, 4.69) is 72.7 Å². The fraction of sp³-hybridized carbons (Fsp3) is 0.273. The molecule has 0 atom stereocenters. The van der Waals surface area contributed by atoms with E-state index in [-0.39, 0.29) is 5.91 Å². The molecular weight excluding hydrogens is 372 g/mol. The van der Waals surface area contributed by atoms with Gasteiger partial charge in [-0.15, -0.1) is 23.1 Å². The zero-order chi connectivity index (χ0) is 19.1. The zero-order valence-electron chi connectivity index (χ0n) is 15.7. The number of aromatic nitrogens is 1. The van der Waals surface area contributed by atoms with E-state index in [0.29, 0.717) is 11.6 Å². The second-order valence-corrected chi connectivity index (χ2v) is 8.43. The highest BCUT2D eigenvalue weighted by atomic mass is 32.2. The van der Waals surface area contributed by atoms with Crippen LogP contribution in [0, 0.1) is 6.92 Å². The van der Waals surface area contributed by atoms with Gasteiger partial charge in [0.05, 0.1) is 5.69 Å². The molecule has 0 radical (unpaired) electrons. The average Bonchev–Trinajstić information content (AvgIpc) is 3.15. The van der Waals surface area contributed by atoms with Gasteiger partial charge < -0.3 is 5.32 Å². The maximum atomic E-state index is 12.1. The van der Waals surface area contributed by atoms with Crippen LogP contribution in [0.25, 0.3) is 11.3 Å². The summed E-state index contributed by atoms with van der Waals surface area (Å²) in [6.45, 7) is 4.23. The first kappa shape index (κ1) is 19.6. The number of hydrogen-bond acceptors (Lipinski definition) is 4. The van der Waals surface area contributed by atoms with Crippen LogP contribution < -0.4 is 5.32 Å². The second kappa shape index (κ2) is 9.72. The topological polar surface area (TPSA) is 42.0 Å². The van der Waals surface area contributed by atoms with Crippen LogP contribution in [-0.4, -0.2) is 16.6 Å². The summed E-state index contributed by atoms with van der Waals surface area (Å²) in [5, 5.41) is 5.58. The van der Waals surface area contributed by atoms with Crippen molar-refractivity contribution in [3.05, 3.63) is 65.0 Å². The summed E-state index contributed by atoms with van der Waals surface area (Å²) < 4.78 is 0. The maximum Gasteiger partial charge on any atom is 0.226 e. The van der Waals surface area contributed by atoms with Crippen molar-refractivity contribution in [1.82, 2.24) is 4.98 Å². The highest BCUT2D eigenvalue weighted by Crippen LogP contribution is 2.25. The number of nitrogens with zero attached hydrogens (tertiary/aromatic N) is 1. The molecule has 0 spiro atoms. The molecule has 3 nitrogen and oxygen atoms in total. The molecule has 3 rings (SSSR count). The molecule has 1 aromatic heterocycles. The molecular formula is C22H24N2OS2. The SMILES string of the molecule is CCc1ccc(-c2csc(NC(=O)CCCSc3ccc(C)cc3)n2)cc1. The lowest BCUT2D eigenvalue weighted by atomic mass is 10.1. The van der Waals surface area contributed by atoms with Gasteiger partial charge in [0.15, 0.2) is 5.13 Å². The molecule has 0 bridgehead atoms. The number of benzene rings is 2. The maximum absolute atomic E-state index is 12.1. The number of nitrogens with one attached hydrogen (secondary N) is 1. The monoisotopic (exact) mass is 396 g/mol. The molecule has 5 heteroatoms. The van der Waals surface area contributed by atoms with E-state index in [0.717, 1.165) is 29.9 Å². The lowest BCUT2D eigenvalue weighted by Crippen LogP contribution is -2.11. The van der Waals surface area contributed by atoms with E-state index in [1.807, 2.05) is 5.38 Å². The molecule has 0 saturated carbocycles. The largest absolute Gasteiger partial charge is 0.302 e. The Balaban J connectivity index is 1.44. The number of carbonyl (C=O) groups is 1. The van der Waals surface area contributed by atoms with Crippen LogP contribution in [0.4, 0.5) is 5.13 Å². The summed E-state index contributed by atoms with van der Waals surface area (Å²) in [7, 11) is 0. The van der Waals surface area contributed by atoms with Crippen molar-refractivity contribution in [2.75, 3.05) is 11.1 Å². The van der Waals surface area contributed by atoms with Crippen LogP contribution in [0.5, 0.6) is 0 Å². The minimum atomic E-state index is 0.0294. The first-order chi connectivity index (χ1) is 13.1. The van der Waals surface area contributed by atoms with Gasteiger partial charge in [0.2, 0.25) is 5.91 Å². The van der Waals surface area contributed by atoms with E-state index in [1.165, 1.54) is 27.4 Å². The number of rotatable bonds is 8. The first-order valence-electron chi connectivity index (χ1n) is 9.18. The Labute approximate surface area is 169 Å². The smallest absolute Gasteiger partial charge is 0.226 e. The van der Waals surface area contributed by atoms with Crippen LogP contribution in [-0.2, 0) is 11.2 Å². The molecule has 1 heterocycles. The van der Waals surface area contributed by atoms with Crippen LogP contribution >= 0.6 is 23.1 Å². The molecule has 1 N–H and O–H groups in total. The van der Waals surface area contributed by atoms with Crippen LogP contribution in [0.3, 0.4) is 0 Å². The van der Waals surface area contributed by atoms with Gasteiger partial charge in [-0.3, -0.25) is 4.79 Å². The summed E-state index contributed by atoms with van der Waals surface area (Å²) in [5.41, 5.74) is 4.57. The lowest BCUT2D eigenvalue weighted by molar-refractivity contribution is -0.116. The number of hydrogen-bond donors (Lipinski definition) is 1. The third-order valence-corrected chi connectivity index (χ3v) is 6.10. The molecule has 3 aromatic rings. The zero-order valence-corrected chi connectivity index (χ0v) is 17.3. The predicted molar refractivity (Wildman–Crippen MR) is 117 cm³/mol. The molecule has 2 aromatic carbocycles. The molecule has 0 fully saturated rings. The number of anilines is 1. The van der Waals surface area contributed by atoms with E-state index in [9.17, 15) is 4.79 Å². The van der Waals surface area contributed by atoms with Gasteiger partial charge in [0.25, 0.3) is 0 Å². The van der Waals surface area contributed by atoms with Crippen LogP contribution in [0.1, 0.15) is 30.9 Å².